The van der Waals surface area contributed by atoms with Crippen LogP contribution in [0.5, 0.6) is 0 Å². The summed E-state index contributed by atoms with van der Waals surface area (Å²) >= 11 is 7.35. The van der Waals surface area contributed by atoms with E-state index in [-0.39, 0.29) is 0 Å². The third-order valence-electron chi connectivity index (χ3n) is 2.61. The Balaban J connectivity index is 1.98. The number of para-hydroxylation sites is 1. The topological polar surface area (TPSA) is 80.3 Å². The van der Waals surface area contributed by atoms with E-state index in [2.05, 4.69) is 20.5 Å². The summed E-state index contributed by atoms with van der Waals surface area (Å²) in [6, 6.07) is 13.1. The Morgan fingerprint density at radius 3 is 2.76 bits per heavy atom. The fraction of sp³-hybridized carbons (Fsp3) is 0. The summed E-state index contributed by atoms with van der Waals surface area (Å²) in [4.78, 5) is 4.17. The lowest BCUT2D eigenvalue weighted by molar-refractivity contribution is 0.756. The third-order valence-corrected chi connectivity index (χ3v) is 4.04. The summed E-state index contributed by atoms with van der Waals surface area (Å²) < 4.78 is 1.59. The summed E-state index contributed by atoms with van der Waals surface area (Å²) in [5.74, 6) is 0. The highest BCUT2D eigenvalue weighted by Gasteiger charge is 2.14. The van der Waals surface area contributed by atoms with Crippen LogP contribution in [0.15, 0.2) is 52.8 Å². The van der Waals surface area contributed by atoms with Gasteiger partial charge in [-0.1, -0.05) is 29.8 Å². The second kappa shape index (κ2) is 5.91. The van der Waals surface area contributed by atoms with Gasteiger partial charge in [0, 0.05) is 6.20 Å². The minimum Gasteiger partial charge on any atom is -0.248 e. The van der Waals surface area contributed by atoms with Crippen molar-refractivity contribution in [1.82, 2.24) is 25.2 Å². The fourth-order valence-electron chi connectivity index (χ4n) is 1.64. The molecular formula is C13H7ClN6S. The first-order valence-corrected chi connectivity index (χ1v) is 7.05. The van der Waals surface area contributed by atoms with Crippen molar-refractivity contribution in [2.45, 2.75) is 10.2 Å². The molecule has 0 aliphatic heterocycles. The zero-order valence-corrected chi connectivity index (χ0v) is 12.1. The smallest absolute Gasteiger partial charge is 0.220 e. The molecule has 0 saturated heterocycles. The summed E-state index contributed by atoms with van der Waals surface area (Å²) in [5, 5.41) is 21.9. The quantitative estimate of drug-likeness (QED) is 0.739. The van der Waals surface area contributed by atoms with Gasteiger partial charge in [0.25, 0.3) is 0 Å². The van der Waals surface area contributed by atoms with Gasteiger partial charge in [0.15, 0.2) is 0 Å². The maximum atomic E-state index is 8.98. The first-order chi connectivity index (χ1) is 10.3. The van der Waals surface area contributed by atoms with Gasteiger partial charge in [0.05, 0.1) is 16.3 Å². The van der Waals surface area contributed by atoms with Crippen molar-refractivity contribution in [1.29, 1.82) is 5.26 Å². The summed E-state index contributed by atoms with van der Waals surface area (Å²) in [5.41, 5.74) is 1.20. The molecule has 2 heterocycles. The number of hydrogen-bond acceptors (Lipinski definition) is 6. The number of pyridine rings is 1. The molecule has 3 aromatic rings. The third kappa shape index (κ3) is 2.72. The van der Waals surface area contributed by atoms with Gasteiger partial charge < -0.3 is 0 Å². The second-order valence-corrected chi connectivity index (χ2v) is 5.23. The number of rotatable bonds is 3. The zero-order chi connectivity index (χ0) is 14.7. The van der Waals surface area contributed by atoms with E-state index in [1.54, 1.807) is 10.7 Å². The molecule has 0 atom stereocenters. The Kier molecular flexibility index (Phi) is 3.81. The van der Waals surface area contributed by atoms with Crippen molar-refractivity contribution in [3.63, 3.8) is 0 Å². The van der Waals surface area contributed by atoms with E-state index in [1.165, 1.54) is 18.0 Å². The molecule has 8 heteroatoms. The van der Waals surface area contributed by atoms with Gasteiger partial charge in [0.1, 0.15) is 11.1 Å². The lowest BCUT2D eigenvalue weighted by atomic mass is 10.3. The molecule has 21 heavy (non-hydrogen) atoms. The molecule has 0 aliphatic carbocycles. The molecule has 0 saturated carbocycles. The second-order valence-electron chi connectivity index (χ2n) is 3.90. The van der Waals surface area contributed by atoms with Gasteiger partial charge >= 0.3 is 0 Å². The van der Waals surface area contributed by atoms with Crippen LogP contribution in [0.1, 0.15) is 5.56 Å². The van der Waals surface area contributed by atoms with E-state index in [0.717, 1.165) is 5.69 Å². The zero-order valence-electron chi connectivity index (χ0n) is 10.5. The summed E-state index contributed by atoms with van der Waals surface area (Å²) in [6.07, 6.45) is 1.53. The van der Waals surface area contributed by atoms with Gasteiger partial charge in [-0.05, 0) is 40.4 Å². The van der Waals surface area contributed by atoms with Gasteiger partial charge in [-0.25, -0.2) is 4.98 Å². The van der Waals surface area contributed by atoms with Crippen LogP contribution in [0, 0.1) is 11.3 Å². The molecular weight excluding hydrogens is 308 g/mol. The fourth-order valence-corrected chi connectivity index (χ4v) is 2.70. The number of hydrogen-bond donors (Lipinski definition) is 0. The van der Waals surface area contributed by atoms with Crippen molar-refractivity contribution in [2.24, 2.45) is 0 Å². The van der Waals surface area contributed by atoms with E-state index in [1.807, 2.05) is 36.4 Å². The SMILES string of the molecule is N#Cc1ccnc(Sc2nnnn2-c2ccccc2)c1Cl. The predicted molar refractivity (Wildman–Crippen MR) is 77.2 cm³/mol. The molecule has 102 valence electrons. The van der Waals surface area contributed by atoms with E-state index in [0.29, 0.717) is 20.8 Å². The minimum absolute atomic E-state index is 0.299. The van der Waals surface area contributed by atoms with Crippen molar-refractivity contribution in [3.8, 4) is 11.8 Å². The van der Waals surface area contributed by atoms with Crippen molar-refractivity contribution in [3.05, 3.63) is 53.2 Å². The van der Waals surface area contributed by atoms with Crippen LogP contribution in [0.2, 0.25) is 5.02 Å². The van der Waals surface area contributed by atoms with Crippen LogP contribution in [-0.2, 0) is 0 Å². The van der Waals surface area contributed by atoms with Gasteiger partial charge in [0.2, 0.25) is 5.16 Å². The van der Waals surface area contributed by atoms with E-state index < -0.39 is 0 Å². The number of tetrazole rings is 1. The molecule has 0 fully saturated rings. The Bertz CT molecular complexity index is 811. The number of benzene rings is 1. The normalized spacial score (nSPS) is 10.3. The van der Waals surface area contributed by atoms with Gasteiger partial charge in [-0.15, -0.1) is 5.10 Å². The highest BCUT2D eigenvalue weighted by molar-refractivity contribution is 7.99. The van der Waals surface area contributed by atoms with Gasteiger partial charge in [-0.3, -0.25) is 0 Å². The maximum Gasteiger partial charge on any atom is 0.220 e. The van der Waals surface area contributed by atoms with Gasteiger partial charge in [-0.2, -0.15) is 9.94 Å². The van der Waals surface area contributed by atoms with Crippen LogP contribution in [-0.4, -0.2) is 25.2 Å². The minimum atomic E-state index is 0.299. The molecule has 0 radical (unpaired) electrons. The van der Waals surface area contributed by atoms with Crippen LogP contribution >= 0.6 is 23.4 Å². The summed E-state index contributed by atoms with van der Waals surface area (Å²) in [6.45, 7) is 0. The predicted octanol–water partition coefficient (Wildman–Crippen LogP) is 2.73. The number of nitriles is 1. The number of halogens is 1. The van der Waals surface area contributed by atoms with Crippen molar-refractivity contribution in [2.75, 3.05) is 0 Å². The Morgan fingerprint density at radius 1 is 1.19 bits per heavy atom. The molecule has 3 rings (SSSR count). The molecule has 0 N–H and O–H groups in total. The monoisotopic (exact) mass is 314 g/mol. The summed E-state index contributed by atoms with van der Waals surface area (Å²) in [7, 11) is 0. The van der Waals surface area contributed by atoms with Crippen LogP contribution < -0.4 is 0 Å². The van der Waals surface area contributed by atoms with E-state index in [9.17, 15) is 0 Å². The average Bonchev–Trinajstić information content (AvgIpc) is 2.98. The first-order valence-electron chi connectivity index (χ1n) is 5.86. The highest BCUT2D eigenvalue weighted by atomic mass is 35.5. The van der Waals surface area contributed by atoms with Crippen LogP contribution in [0.4, 0.5) is 0 Å². The number of aromatic nitrogens is 5. The van der Waals surface area contributed by atoms with Crippen LogP contribution in [0.3, 0.4) is 0 Å². The molecule has 0 aliphatic rings. The molecule has 2 aromatic heterocycles. The first kappa shape index (κ1) is 13.5. The van der Waals surface area contributed by atoms with Crippen LogP contribution in [0.25, 0.3) is 5.69 Å². The average molecular weight is 315 g/mol. The largest absolute Gasteiger partial charge is 0.248 e. The van der Waals surface area contributed by atoms with Crippen molar-refractivity contribution >= 4 is 23.4 Å². The molecule has 6 nitrogen and oxygen atoms in total. The molecule has 0 spiro atoms. The Labute approximate surface area is 129 Å². The molecule has 0 amide bonds. The standard InChI is InChI=1S/C13H7ClN6S/c14-11-9(8-15)6-7-16-12(11)21-13-17-18-19-20(13)10-4-2-1-3-5-10/h1-7H. The molecule has 0 unspecified atom stereocenters. The molecule has 1 aromatic carbocycles. The van der Waals surface area contributed by atoms with E-state index in [4.69, 9.17) is 16.9 Å². The van der Waals surface area contributed by atoms with Crippen molar-refractivity contribution < 1.29 is 0 Å². The lowest BCUT2D eigenvalue weighted by Crippen LogP contribution is -1.99. The van der Waals surface area contributed by atoms with E-state index >= 15 is 0 Å². The highest BCUT2D eigenvalue weighted by Crippen LogP contribution is 2.32. The molecule has 0 bridgehead atoms. The Hall–Kier alpha value is -2.43. The maximum absolute atomic E-state index is 8.98. The lowest BCUT2D eigenvalue weighted by Gasteiger charge is -2.05. The Morgan fingerprint density at radius 2 is 2.00 bits per heavy atom. The number of nitrogens with zero attached hydrogens (tertiary/aromatic N) is 6.